The van der Waals surface area contributed by atoms with Crippen molar-refractivity contribution in [1.82, 2.24) is 19.5 Å². The van der Waals surface area contributed by atoms with E-state index in [-0.39, 0.29) is 0 Å². The zero-order valence-electron chi connectivity index (χ0n) is 23.6. The largest absolute Gasteiger partial charge is 0.308 e. The van der Waals surface area contributed by atoms with Crippen LogP contribution in [-0.2, 0) is 6.42 Å². The number of fused-ring (bicyclic) bond motifs is 3. The van der Waals surface area contributed by atoms with Crippen molar-refractivity contribution in [3.63, 3.8) is 0 Å². The van der Waals surface area contributed by atoms with E-state index >= 15 is 0 Å². The van der Waals surface area contributed by atoms with Crippen LogP contribution in [0.1, 0.15) is 17.7 Å². The summed E-state index contributed by atoms with van der Waals surface area (Å²) in [6.45, 7) is 0. The van der Waals surface area contributed by atoms with Crippen LogP contribution in [-0.4, -0.2) is 19.5 Å². The van der Waals surface area contributed by atoms with Crippen molar-refractivity contribution in [2.75, 3.05) is 0 Å². The fourth-order valence-electron chi connectivity index (χ4n) is 6.09. The van der Waals surface area contributed by atoms with Crippen LogP contribution >= 0.6 is 0 Å². The molecule has 0 aliphatic heterocycles. The molecule has 0 spiro atoms. The number of pyridine rings is 1. The molecule has 8 rings (SSSR count). The molecule has 0 amide bonds. The standard InChI is InChI=1S/C39H28N4/c1-3-10-28(11-4-1)35-25-36(29-12-5-2-6-13-29)42-39(41-35)31-15-9-14-30(24-31)27-18-20-32(21-19-27)43-37-17-8-7-16-33(37)34-22-23-40-26-38(34)43/h1-6,8-15,17-26H,7,16H2. The molecule has 0 unspecified atom stereocenters. The summed E-state index contributed by atoms with van der Waals surface area (Å²) in [5.41, 5.74) is 12.2. The van der Waals surface area contributed by atoms with E-state index in [1.807, 2.05) is 48.8 Å². The van der Waals surface area contributed by atoms with Crippen LogP contribution in [0, 0.1) is 0 Å². The molecule has 1 aliphatic carbocycles. The molecule has 4 aromatic carbocycles. The Bertz CT molecular complexity index is 2050. The quantitative estimate of drug-likeness (QED) is 0.214. The first kappa shape index (κ1) is 25.1. The van der Waals surface area contributed by atoms with Crippen molar-refractivity contribution in [2.45, 2.75) is 12.8 Å². The molecule has 0 saturated heterocycles. The predicted octanol–water partition coefficient (Wildman–Crippen LogP) is 9.44. The highest BCUT2D eigenvalue weighted by molar-refractivity contribution is 5.90. The predicted molar refractivity (Wildman–Crippen MR) is 176 cm³/mol. The third-order valence-electron chi connectivity index (χ3n) is 8.20. The van der Waals surface area contributed by atoms with Crippen molar-refractivity contribution in [1.29, 1.82) is 0 Å². The third kappa shape index (κ3) is 4.63. The first-order chi connectivity index (χ1) is 21.3. The van der Waals surface area contributed by atoms with Gasteiger partial charge in [0.05, 0.1) is 23.1 Å². The summed E-state index contributed by atoms with van der Waals surface area (Å²) in [6, 6.07) is 42.2. The topological polar surface area (TPSA) is 43.6 Å². The second-order valence-electron chi connectivity index (χ2n) is 10.9. The Morgan fingerprint density at radius 2 is 1.26 bits per heavy atom. The van der Waals surface area contributed by atoms with Crippen LogP contribution in [0.15, 0.2) is 140 Å². The lowest BCUT2D eigenvalue weighted by Gasteiger charge is -2.13. The lowest BCUT2D eigenvalue weighted by Crippen LogP contribution is -2.00. The van der Waals surface area contributed by atoms with Crippen molar-refractivity contribution in [2.24, 2.45) is 0 Å². The number of allylic oxidation sites excluding steroid dienone is 1. The number of aromatic nitrogens is 4. The van der Waals surface area contributed by atoms with E-state index in [0.29, 0.717) is 5.82 Å². The van der Waals surface area contributed by atoms with Gasteiger partial charge in [-0.05, 0) is 65.9 Å². The molecule has 7 aromatic rings. The van der Waals surface area contributed by atoms with Crippen LogP contribution in [0.3, 0.4) is 0 Å². The van der Waals surface area contributed by atoms with Gasteiger partial charge in [-0.2, -0.15) is 0 Å². The van der Waals surface area contributed by atoms with E-state index in [4.69, 9.17) is 9.97 Å². The van der Waals surface area contributed by atoms with Gasteiger partial charge >= 0.3 is 0 Å². The zero-order chi connectivity index (χ0) is 28.6. The van der Waals surface area contributed by atoms with Gasteiger partial charge < -0.3 is 4.57 Å². The Labute approximate surface area is 250 Å². The van der Waals surface area contributed by atoms with Crippen LogP contribution in [0.4, 0.5) is 0 Å². The molecule has 4 heteroatoms. The summed E-state index contributed by atoms with van der Waals surface area (Å²) in [7, 11) is 0. The summed E-state index contributed by atoms with van der Waals surface area (Å²) in [5.74, 6) is 0.711. The van der Waals surface area contributed by atoms with Gasteiger partial charge in [0, 0.05) is 39.7 Å². The van der Waals surface area contributed by atoms with Crippen molar-refractivity contribution in [3.8, 4) is 50.7 Å². The van der Waals surface area contributed by atoms with Crippen LogP contribution in [0.2, 0.25) is 0 Å². The highest BCUT2D eigenvalue weighted by Gasteiger charge is 2.18. The second-order valence-corrected chi connectivity index (χ2v) is 10.9. The maximum Gasteiger partial charge on any atom is 0.160 e. The summed E-state index contributed by atoms with van der Waals surface area (Å²) < 4.78 is 2.33. The maximum atomic E-state index is 5.03. The van der Waals surface area contributed by atoms with Gasteiger partial charge in [0.15, 0.2) is 5.82 Å². The summed E-state index contributed by atoms with van der Waals surface area (Å²) in [4.78, 5) is 14.5. The Balaban J connectivity index is 1.19. The summed E-state index contributed by atoms with van der Waals surface area (Å²) in [6.07, 6.45) is 10.5. The Kier molecular flexibility index (Phi) is 6.23. The minimum absolute atomic E-state index is 0.711. The minimum Gasteiger partial charge on any atom is -0.308 e. The molecule has 0 saturated carbocycles. The van der Waals surface area contributed by atoms with Gasteiger partial charge in [-0.25, -0.2) is 9.97 Å². The van der Waals surface area contributed by atoms with Crippen LogP contribution in [0.25, 0.3) is 67.7 Å². The van der Waals surface area contributed by atoms with Gasteiger partial charge in [0.2, 0.25) is 0 Å². The molecular formula is C39H28N4. The van der Waals surface area contributed by atoms with Crippen molar-refractivity contribution >= 4 is 17.0 Å². The number of aryl methyl sites for hydroxylation is 1. The summed E-state index contributed by atoms with van der Waals surface area (Å²) in [5, 5.41) is 1.29. The smallest absolute Gasteiger partial charge is 0.160 e. The van der Waals surface area contributed by atoms with E-state index in [1.54, 1.807) is 0 Å². The Morgan fingerprint density at radius 1 is 0.581 bits per heavy atom. The SMILES string of the molecule is C1=Cc2c(c3ccncc3n2-c2ccc(-c3cccc(-c4nc(-c5ccccc5)cc(-c5ccccc5)n4)c3)cc2)CC1. The number of benzene rings is 4. The van der Waals surface area contributed by atoms with E-state index in [2.05, 4.69) is 107 Å². The number of rotatable bonds is 5. The van der Waals surface area contributed by atoms with Crippen LogP contribution < -0.4 is 0 Å². The second kappa shape index (κ2) is 10.7. The molecule has 204 valence electrons. The molecule has 4 nitrogen and oxygen atoms in total. The fraction of sp³-hybridized carbons (Fsp3) is 0.0513. The molecule has 0 bridgehead atoms. The van der Waals surface area contributed by atoms with Gasteiger partial charge in [-0.15, -0.1) is 0 Å². The van der Waals surface area contributed by atoms with E-state index in [1.165, 1.54) is 16.6 Å². The fourth-order valence-corrected chi connectivity index (χ4v) is 6.09. The molecule has 0 radical (unpaired) electrons. The van der Waals surface area contributed by atoms with Crippen molar-refractivity contribution < 1.29 is 0 Å². The number of hydrogen-bond acceptors (Lipinski definition) is 3. The van der Waals surface area contributed by atoms with E-state index in [0.717, 1.165) is 63.3 Å². The van der Waals surface area contributed by atoms with E-state index < -0.39 is 0 Å². The molecule has 0 N–H and O–H groups in total. The monoisotopic (exact) mass is 552 g/mol. The molecule has 1 aliphatic rings. The average Bonchev–Trinajstić information content (AvgIpc) is 3.43. The first-order valence-electron chi connectivity index (χ1n) is 14.7. The molecule has 0 fully saturated rings. The lowest BCUT2D eigenvalue weighted by molar-refractivity contribution is 0.967. The molecule has 43 heavy (non-hydrogen) atoms. The van der Waals surface area contributed by atoms with Gasteiger partial charge in [-0.1, -0.05) is 97.1 Å². The average molecular weight is 553 g/mol. The third-order valence-corrected chi connectivity index (χ3v) is 8.20. The Hall–Kier alpha value is -5.61. The number of hydrogen-bond donors (Lipinski definition) is 0. The normalized spacial score (nSPS) is 12.4. The molecule has 3 aromatic heterocycles. The van der Waals surface area contributed by atoms with E-state index in [9.17, 15) is 0 Å². The maximum absolute atomic E-state index is 5.03. The number of nitrogens with zero attached hydrogens (tertiary/aromatic N) is 4. The van der Waals surface area contributed by atoms with Gasteiger partial charge in [-0.3, -0.25) is 4.98 Å². The molecule has 3 heterocycles. The Morgan fingerprint density at radius 3 is 1.98 bits per heavy atom. The molecular weight excluding hydrogens is 524 g/mol. The van der Waals surface area contributed by atoms with Crippen molar-refractivity contribution in [3.05, 3.63) is 151 Å². The minimum atomic E-state index is 0.711. The van der Waals surface area contributed by atoms with Crippen LogP contribution in [0.5, 0.6) is 0 Å². The summed E-state index contributed by atoms with van der Waals surface area (Å²) >= 11 is 0. The van der Waals surface area contributed by atoms with Gasteiger partial charge in [0.25, 0.3) is 0 Å². The highest BCUT2D eigenvalue weighted by atomic mass is 15.0. The first-order valence-corrected chi connectivity index (χ1v) is 14.7. The zero-order valence-corrected chi connectivity index (χ0v) is 23.6. The molecule has 0 atom stereocenters. The highest BCUT2D eigenvalue weighted by Crippen LogP contribution is 2.35. The van der Waals surface area contributed by atoms with Gasteiger partial charge in [0.1, 0.15) is 0 Å². The lowest BCUT2D eigenvalue weighted by atomic mass is 10.0.